The normalized spacial score (nSPS) is 34.7. The zero-order valence-corrected chi connectivity index (χ0v) is 15.7. The lowest BCUT2D eigenvalue weighted by Gasteiger charge is -2.54. The van der Waals surface area contributed by atoms with Crippen molar-refractivity contribution >= 4 is 11.6 Å². The molecule has 24 heavy (non-hydrogen) atoms. The van der Waals surface area contributed by atoms with Crippen molar-refractivity contribution in [3.63, 3.8) is 0 Å². The number of carbonyl (C=O) groups excluding carboxylic acids is 2. The van der Waals surface area contributed by atoms with E-state index in [0.717, 1.165) is 18.4 Å². The minimum absolute atomic E-state index is 0.112. The van der Waals surface area contributed by atoms with Crippen molar-refractivity contribution in [3.8, 4) is 0 Å². The maximum absolute atomic E-state index is 12.2. The minimum Gasteiger partial charge on any atom is -0.300 e. The van der Waals surface area contributed by atoms with Crippen LogP contribution >= 0.6 is 0 Å². The fraction of sp³-hybridized carbons (Fsp3) is 0.800. The molecule has 2 aliphatic carbocycles. The summed E-state index contributed by atoms with van der Waals surface area (Å²) in [4.78, 5) is 29.3. The van der Waals surface area contributed by atoms with E-state index in [1.165, 1.54) is 0 Å². The number of allylic oxidation sites excluding steroid dienone is 1. The summed E-state index contributed by atoms with van der Waals surface area (Å²) >= 11 is 0. The molecule has 1 fully saturated rings. The Balaban J connectivity index is 2.16. The first-order valence-corrected chi connectivity index (χ1v) is 9.19. The second-order valence-electron chi connectivity index (χ2n) is 8.77. The Bertz CT molecular complexity index is 536. The third-order valence-corrected chi connectivity index (χ3v) is 6.32. The average molecular weight is 336 g/mol. The highest BCUT2D eigenvalue weighted by Crippen LogP contribution is 2.57. The van der Waals surface area contributed by atoms with E-state index in [4.69, 9.17) is 4.89 Å². The van der Waals surface area contributed by atoms with Crippen LogP contribution in [0.2, 0.25) is 0 Å². The summed E-state index contributed by atoms with van der Waals surface area (Å²) in [6, 6.07) is 0. The summed E-state index contributed by atoms with van der Waals surface area (Å²) in [5, 5.41) is 9.78. The van der Waals surface area contributed by atoms with Crippen molar-refractivity contribution in [2.75, 3.05) is 0 Å². The zero-order chi connectivity index (χ0) is 18.1. The average Bonchev–Trinajstić information content (AvgIpc) is 2.45. The maximum atomic E-state index is 12.2. The Morgan fingerprint density at radius 3 is 2.62 bits per heavy atom. The van der Waals surface area contributed by atoms with Crippen molar-refractivity contribution in [2.45, 2.75) is 78.7 Å². The molecule has 0 aliphatic heterocycles. The van der Waals surface area contributed by atoms with Crippen LogP contribution in [0.5, 0.6) is 0 Å². The second-order valence-corrected chi connectivity index (χ2v) is 8.77. The van der Waals surface area contributed by atoms with Gasteiger partial charge in [-0.05, 0) is 55.6 Å². The Hall–Kier alpha value is -1.00. The lowest BCUT2D eigenvalue weighted by Crippen LogP contribution is -2.56. The molecule has 4 heteroatoms. The van der Waals surface area contributed by atoms with Crippen LogP contribution in [-0.2, 0) is 14.5 Å². The van der Waals surface area contributed by atoms with Gasteiger partial charge in [0.25, 0.3) is 0 Å². The Labute approximate surface area is 145 Å². The molecule has 2 aliphatic rings. The standard InChI is InChI=1S/C20H32O4/c1-13(2)8-17(21)9-14(3)16-6-7-19(5)12-18(22)10-15(4)20(19,11-16)24-23/h10,13-14,16,23H,6-9,11-12H2,1-5H3/t14-,16+,19-,20-/m1/s1. The lowest BCUT2D eigenvalue weighted by atomic mass is 9.53. The summed E-state index contributed by atoms with van der Waals surface area (Å²) in [6.07, 6.45) is 5.72. The maximum Gasteiger partial charge on any atom is 0.156 e. The fourth-order valence-corrected chi connectivity index (χ4v) is 4.85. The van der Waals surface area contributed by atoms with E-state index in [2.05, 4.69) is 20.8 Å². The molecule has 136 valence electrons. The summed E-state index contributed by atoms with van der Waals surface area (Å²) < 4.78 is 0. The molecule has 1 saturated carbocycles. The fourth-order valence-electron chi connectivity index (χ4n) is 4.85. The molecule has 2 rings (SSSR count). The van der Waals surface area contributed by atoms with Gasteiger partial charge in [-0.2, -0.15) is 0 Å². The third kappa shape index (κ3) is 3.50. The molecule has 0 unspecified atom stereocenters. The molecule has 0 aromatic heterocycles. The topological polar surface area (TPSA) is 63.6 Å². The molecular weight excluding hydrogens is 304 g/mol. The van der Waals surface area contributed by atoms with Crippen LogP contribution in [0.1, 0.15) is 73.1 Å². The van der Waals surface area contributed by atoms with Gasteiger partial charge < -0.3 is 0 Å². The van der Waals surface area contributed by atoms with Gasteiger partial charge in [0.05, 0.1) is 0 Å². The smallest absolute Gasteiger partial charge is 0.156 e. The van der Waals surface area contributed by atoms with E-state index in [0.29, 0.717) is 43.3 Å². The molecule has 0 aromatic carbocycles. The summed E-state index contributed by atoms with van der Waals surface area (Å²) in [6.45, 7) is 10.2. The van der Waals surface area contributed by atoms with E-state index in [-0.39, 0.29) is 17.1 Å². The van der Waals surface area contributed by atoms with E-state index in [1.807, 2.05) is 13.8 Å². The van der Waals surface area contributed by atoms with E-state index >= 15 is 0 Å². The predicted molar refractivity (Wildman–Crippen MR) is 93.5 cm³/mol. The Morgan fingerprint density at radius 2 is 2.04 bits per heavy atom. The zero-order valence-electron chi connectivity index (χ0n) is 15.7. The van der Waals surface area contributed by atoms with Gasteiger partial charge in [0, 0.05) is 24.7 Å². The highest BCUT2D eigenvalue weighted by Gasteiger charge is 2.57. The highest BCUT2D eigenvalue weighted by molar-refractivity contribution is 5.92. The molecule has 0 aromatic rings. The van der Waals surface area contributed by atoms with Crippen molar-refractivity contribution in [3.05, 3.63) is 11.6 Å². The molecular formula is C20H32O4. The molecule has 4 nitrogen and oxygen atoms in total. The van der Waals surface area contributed by atoms with Crippen LogP contribution in [-0.4, -0.2) is 22.4 Å². The minimum atomic E-state index is -0.792. The first-order chi connectivity index (χ1) is 11.1. The quantitative estimate of drug-likeness (QED) is 0.569. The van der Waals surface area contributed by atoms with Crippen LogP contribution in [0.25, 0.3) is 0 Å². The van der Waals surface area contributed by atoms with Gasteiger partial charge in [-0.3, -0.25) is 14.8 Å². The van der Waals surface area contributed by atoms with Gasteiger partial charge in [-0.25, -0.2) is 4.89 Å². The van der Waals surface area contributed by atoms with E-state index < -0.39 is 5.60 Å². The number of Topliss-reactive ketones (excluding diaryl/α,β-unsaturated/α-hetero) is 1. The molecule has 0 radical (unpaired) electrons. The molecule has 0 saturated heterocycles. The third-order valence-electron chi connectivity index (χ3n) is 6.32. The van der Waals surface area contributed by atoms with Crippen LogP contribution in [0.3, 0.4) is 0 Å². The molecule has 1 N–H and O–H groups in total. The van der Waals surface area contributed by atoms with E-state index in [1.54, 1.807) is 6.08 Å². The van der Waals surface area contributed by atoms with Crippen LogP contribution in [0.4, 0.5) is 0 Å². The first-order valence-electron chi connectivity index (χ1n) is 9.19. The summed E-state index contributed by atoms with van der Waals surface area (Å²) in [7, 11) is 0. The van der Waals surface area contributed by atoms with Crippen molar-refractivity contribution in [2.24, 2.45) is 23.2 Å². The van der Waals surface area contributed by atoms with Crippen molar-refractivity contribution < 1.29 is 19.7 Å². The first kappa shape index (κ1) is 19.3. The number of hydrogen-bond donors (Lipinski definition) is 1. The Morgan fingerprint density at radius 1 is 1.38 bits per heavy atom. The van der Waals surface area contributed by atoms with Crippen LogP contribution in [0, 0.1) is 23.2 Å². The van der Waals surface area contributed by atoms with E-state index in [9.17, 15) is 14.8 Å². The molecule has 0 heterocycles. The number of ketones is 2. The van der Waals surface area contributed by atoms with Crippen LogP contribution < -0.4 is 0 Å². The predicted octanol–water partition coefficient (Wildman–Crippen LogP) is 4.58. The van der Waals surface area contributed by atoms with Gasteiger partial charge >= 0.3 is 0 Å². The number of hydrogen-bond acceptors (Lipinski definition) is 4. The van der Waals surface area contributed by atoms with Gasteiger partial charge in [0.15, 0.2) is 5.78 Å². The Kier molecular flexibility index (Phi) is 5.71. The molecule has 4 atom stereocenters. The molecule has 0 spiro atoms. The second kappa shape index (κ2) is 7.09. The number of fused-ring (bicyclic) bond motifs is 1. The molecule has 0 bridgehead atoms. The van der Waals surface area contributed by atoms with Gasteiger partial charge in [-0.15, -0.1) is 0 Å². The van der Waals surface area contributed by atoms with Gasteiger partial charge in [0.1, 0.15) is 11.4 Å². The van der Waals surface area contributed by atoms with Crippen molar-refractivity contribution in [1.29, 1.82) is 0 Å². The summed E-state index contributed by atoms with van der Waals surface area (Å²) in [5.41, 5.74) is -0.344. The summed E-state index contributed by atoms with van der Waals surface area (Å²) in [5.74, 6) is 1.40. The highest BCUT2D eigenvalue weighted by atomic mass is 17.1. The lowest BCUT2D eigenvalue weighted by molar-refractivity contribution is -0.352. The van der Waals surface area contributed by atoms with Gasteiger partial charge in [-0.1, -0.05) is 27.7 Å². The molecule has 0 amide bonds. The SMILES string of the molecule is CC1=CC(=O)C[C@@]2(C)CC[C@H]([C@H](C)CC(=O)CC(C)C)C[C@@]12OO. The monoisotopic (exact) mass is 336 g/mol. The van der Waals surface area contributed by atoms with Crippen molar-refractivity contribution in [1.82, 2.24) is 0 Å². The van der Waals surface area contributed by atoms with Crippen LogP contribution in [0.15, 0.2) is 11.6 Å². The number of carbonyl (C=O) groups is 2. The van der Waals surface area contributed by atoms with Gasteiger partial charge in [0.2, 0.25) is 0 Å². The largest absolute Gasteiger partial charge is 0.300 e. The number of rotatable bonds is 6.